The first kappa shape index (κ1) is 18.2. The van der Waals surface area contributed by atoms with E-state index < -0.39 is 11.9 Å². The number of esters is 2. The molecule has 0 atom stereocenters. The minimum Gasteiger partial charge on any atom is -0.458 e. The summed E-state index contributed by atoms with van der Waals surface area (Å²) in [4.78, 5) is 23.4. The second-order valence-corrected chi connectivity index (χ2v) is 5.41. The summed E-state index contributed by atoms with van der Waals surface area (Å²) in [5, 5.41) is 0. The molecule has 0 radical (unpaired) electrons. The van der Waals surface area contributed by atoms with E-state index in [-0.39, 0.29) is 13.2 Å². The van der Waals surface area contributed by atoms with E-state index in [1.165, 1.54) is 18.2 Å². The molecule has 0 fully saturated rings. The first-order valence-corrected chi connectivity index (χ1v) is 7.91. The van der Waals surface area contributed by atoms with Gasteiger partial charge in [-0.15, -0.1) is 0 Å². The molecule has 0 aliphatic heterocycles. The molecule has 0 bridgehead atoms. The minimum absolute atomic E-state index is 0.214. The highest BCUT2D eigenvalue weighted by molar-refractivity contribution is 5.85. The summed E-state index contributed by atoms with van der Waals surface area (Å²) in [6.07, 6.45) is 4.15. The van der Waals surface area contributed by atoms with Gasteiger partial charge in [-0.3, -0.25) is 0 Å². The molecule has 128 valence electrons. The number of hydrogen-bond donors (Lipinski definition) is 0. The highest BCUT2D eigenvalue weighted by Gasteiger charge is 2.01. The molecule has 0 saturated carbocycles. The molecule has 0 spiro atoms. The summed E-state index contributed by atoms with van der Waals surface area (Å²) < 4.78 is 10.3. The Labute approximate surface area is 147 Å². The van der Waals surface area contributed by atoms with Gasteiger partial charge in [0.2, 0.25) is 0 Å². The predicted molar refractivity (Wildman–Crippen MR) is 95.4 cm³/mol. The summed E-state index contributed by atoms with van der Waals surface area (Å²) in [5.41, 5.74) is 2.44. The summed E-state index contributed by atoms with van der Waals surface area (Å²) in [7, 11) is 0. The third kappa shape index (κ3) is 7.31. The lowest BCUT2D eigenvalue weighted by Gasteiger charge is -2.02. The van der Waals surface area contributed by atoms with Gasteiger partial charge in [0, 0.05) is 12.2 Å². The number of allylic oxidation sites excluding steroid dienone is 2. The molecule has 25 heavy (non-hydrogen) atoms. The molecule has 4 heteroatoms. The largest absolute Gasteiger partial charge is 0.458 e. The Morgan fingerprint density at radius 3 is 1.76 bits per heavy atom. The fourth-order valence-corrected chi connectivity index (χ4v) is 1.98. The summed E-state index contributed by atoms with van der Waals surface area (Å²) in [6, 6.07) is 18.9. The fraction of sp³-hybridized carbons (Fsp3) is 0.143. The molecule has 0 N–H and O–H groups in total. The lowest BCUT2D eigenvalue weighted by molar-refractivity contribution is -0.140. The Morgan fingerprint density at radius 1 is 0.760 bits per heavy atom. The number of carbonyl (C=O) groups excluding carboxylic acids is 2. The van der Waals surface area contributed by atoms with Gasteiger partial charge in [-0.05, 0) is 23.6 Å². The van der Waals surface area contributed by atoms with Crippen LogP contribution in [0.2, 0.25) is 0 Å². The zero-order chi connectivity index (χ0) is 17.9. The Hall–Kier alpha value is -3.14. The Bertz CT molecular complexity index is 746. The average molecular weight is 336 g/mol. The van der Waals surface area contributed by atoms with Crippen LogP contribution >= 0.6 is 0 Å². The SMILES string of the molecule is CC(=C/C(=O)OCc1ccccc1)/C=C/C(=O)OCc1ccccc1. The number of benzene rings is 2. The third-order valence-electron chi connectivity index (χ3n) is 3.28. The maximum Gasteiger partial charge on any atom is 0.331 e. The van der Waals surface area contributed by atoms with E-state index >= 15 is 0 Å². The smallest absolute Gasteiger partial charge is 0.331 e. The minimum atomic E-state index is -0.464. The molecule has 0 amide bonds. The monoisotopic (exact) mass is 336 g/mol. The van der Waals surface area contributed by atoms with Crippen LogP contribution < -0.4 is 0 Å². The predicted octanol–water partition coefficient (Wildman–Crippen LogP) is 3.98. The van der Waals surface area contributed by atoms with Gasteiger partial charge >= 0.3 is 11.9 Å². The van der Waals surface area contributed by atoms with Crippen LogP contribution in [0.3, 0.4) is 0 Å². The van der Waals surface area contributed by atoms with E-state index in [1.807, 2.05) is 60.7 Å². The Morgan fingerprint density at radius 2 is 1.24 bits per heavy atom. The third-order valence-corrected chi connectivity index (χ3v) is 3.28. The molecule has 0 aliphatic rings. The number of carbonyl (C=O) groups is 2. The van der Waals surface area contributed by atoms with Crippen molar-refractivity contribution in [1.29, 1.82) is 0 Å². The number of hydrogen-bond acceptors (Lipinski definition) is 4. The van der Waals surface area contributed by atoms with Gasteiger partial charge in [0.25, 0.3) is 0 Å². The number of ether oxygens (including phenoxy) is 2. The van der Waals surface area contributed by atoms with E-state index in [2.05, 4.69) is 0 Å². The van der Waals surface area contributed by atoms with Crippen molar-refractivity contribution in [2.24, 2.45) is 0 Å². The molecule has 0 unspecified atom stereocenters. The second-order valence-electron chi connectivity index (χ2n) is 5.41. The van der Waals surface area contributed by atoms with Crippen LogP contribution in [0.1, 0.15) is 18.1 Å². The van der Waals surface area contributed by atoms with Gasteiger partial charge in [-0.1, -0.05) is 66.7 Å². The summed E-state index contributed by atoms with van der Waals surface area (Å²) >= 11 is 0. The standard InChI is InChI=1S/C21H20O4/c1-17(14-21(23)25-16-19-10-6-3-7-11-19)12-13-20(22)24-15-18-8-4-2-5-9-18/h2-14H,15-16H2,1H3/b13-12+,17-14-. The van der Waals surface area contributed by atoms with Gasteiger partial charge in [0.05, 0.1) is 0 Å². The lowest BCUT2D eigenvalue weighted by atomic mass is 10.2. The van der Waals surface area contributed by atoms with Crippen LogP contribution in [-0.4, -0.2) is 11.9 Å². The molecule has 2 rings (SSSR count). The van der Waals surface area contributed by atoms with Crippen molar-refractivity contribution in [1.82, 2.24) is 0 Å². The molecule has 0 aromatic heterocycles. The van der Waals surface area contributed by atoms with Crippen LogP contribution in [0.4, 0.5) is 0 Å². The zero-order valence-electron chi connectivity index (χ0n) is 14.1. The summed E-state index contributed by atoms with van der Waals surface area (Å²) in [5.74, 6) is -0.919. The highest BCUT2D eigenvalue weighted by atomic mass is 16.5. The summed E-state index contributed by atoms with van der Waals surface area (Å²) in [6.45, 7) is 2.14. The van der Waals surface area contributed by atoms with Crippen molar-refractivity contribution in [3.63, 3.8) is 0 Å². The first-order chi connectivity index (χ1) is 12.1. The Kier molecular flexibility index (Phi) is 7.19. The van der Waals surface area contributed by atoms with Crippen LogP contribution in [0, 0.1) is 0 Å². The zero-order valence-corrected chi connectivity index (χ0v) is 14.1. The molecular weight excluding hydrogens is 316 g/mol. The molecule has 2 aromatic carbocycles. The van der Waals surface area contributed by atoms with Crippen LogP contribution in [0.25, 0.3) is 0 Å². The van der Waals surface area contributed by atoms with Gasteiger partial charge in [-0.25, -0.2) is 9.59 Å². The van der Waals surface area contributed by atoms with Gasteiger partial charge in [-0.2, -0.15) is 0 Å². The van der Waals surface area contributed by atoms with Gasteiger partial charge in [0.1, 0.15) is 13.2 Å². The van der Waals surface area contributed by atoms with Gasteiger partial charge < -0.3 is 9.47 Å². The topological polar surface area (TPSA) is 52.6 Å². The van der Waals surface area contributed by atoms with Crippen molar-refractivity contribution in [2.45, 2.75) is 20.1 Å². The van der Waals surface area contributed by atoms with Crippen molar-refractivity contribution in [3.05, 3.63) is 95.6 Å². The second kappa shape index (κ2) is 9.88. The van der Waals surface area contributed by atoms with Crippen molar-refractivity contribution in [2.75, 3.05) is 0 Å². The molecule has 2 aromatic rings. The maximum absolute atomic E-state index is 11.7. The molecule has 4 nitrogen and oxygen atoms in total. The van der Waals surface area contributed by atoms with Crippen LogP contribution in [0.5, 0.6) is 0 Å². The first-order valence-electron chi connectivity index (χ1n) is 7.91. The van der Waals surface area contributed by atoms with Gasteiger partial charge in [0.15, 0.2) is 0 Å². The quantitative estimate of drug-likeness (QED) is 0.436. The van der Waals surface area contributed by atoms with Crippen molar-refractivity contribution < 1.29 is 19.1 Å². The highest BCUT2D eigenvalue weighted by Crippen LogP contribution is 2.04. The van der Waals surface area contributed by atoms with E-state index in [0.717, 1.165) is 11.1 Å². The number of rotatable bonds is 7. The van der Waals surface area contributed by atoms with Crippen LogP contribution in [-0.2, 0) is 32.3 Å². The maximum atomic E-state index is 11.7. The Balaban J connectivity index is 1.76. The van der Waals surface area contributed by atoms with Crippen molar-refractivity contribution in [3.8, 4) is 0 Å². The molecule has 0 heterocycles. The van der Waals surface area contributed by atoms with E-state index in [9.17, 15) is 9.59 Å². The average Bonchev–Trinajstić information content (AvgIpc) is 2.65. The normalized spacial score (nSPS) is 11.3. The lowest BCUT2D eigenvalue weighted by Crippen LogP contribution is -2.02. The molecular formula is C21H20O4. The van der Waals surface area contributed by atoms with E-state index in [4.69, 9.17) is 9.47 Å². The molecule has 0 aliphatic carbocycles. The van der Waals surface area contributed by atoms with E-state index in [1.54, 1.807) is 6.92 Å². The molecule has 0 saturated heterocycles. The van der Waals surface area contributed by atoms with Crippen molar-refractivity contribution >= 4 is 11.9 Å². The van der Waals surface area contributed by atoms with E-state index in [0.29, 0.717) is 5.57 Å². The fourth-order valence-electron chi connectivity index (χ4n) is 1.98. The van der Waals surface area contributed by atoms with Crippen LogP contribution in [0.15, 0.2) is 84.5 Å².